The number of aliphatic hydroxyl groups is 6. The Labute approximate surface area is 249 Å². The second-order valence-electron chi connectivity index (χ2n) is 10.7. The summed E-state index contributed by atoms with van der Waals surface area (Å²) in [6, 6.07) is -4.15. The van der Waals surface area contributed by atoms with E-state index in [1.807, 2.05) is 0 Å². The Kier molecular flexibility index (Phi) is 11.7. The van der Waals surface area contributed by atoms with Crippen LogP contribution in [0, 0.1) is 0 Å². The molecule has 2 aliphatic heterocycles. The van der Waals surface area contributed by atoms with Gasteiger partial charge in [-0.2, -0.15) is 0 Å². The van der Waals surface area contributed by atoms with Crippen molar-refractivity contribution in [3.8, 4) is 0 Å². The maximum Gasteiger partial charge on any atom is 0.339 e. The molecule has 0 amide bonds. The number of likely N-dealkylation sites (N-methyl/N-ethyl adjacent to an activating group) is 1. The molecule has 2 heterocycles. The van der Waals surface area contributed by atoms with Gasteiger partial charge in [-0.05, 0) is 6.92 Å². The molecule has 0 radical (unpaired) electrons. The van der Waals surface area contributed by atoms with E-state index in [2.05, 4.69) is 14.5 Å². The Morgan fingerprint density at radius 1 is 0.955 bits per heavy atom. The van der Waals surface area contributed by atoms with Gasteiger partial charge >= 0.3 is 11.9 Å². The first-order valence-electron chi connectivity index (χ1n) is 13.3. The molecule has 1 aliphatic carbocycles. The normalized spacial score (nSPS) is 44.6. The summed E-state index contributed by atoms with van der Waals surface area (Å²) in [5.41, 5.74) is 19.5. The second kappa shape index (κ2) is 14.1. The van der Waals surface area contributed by atoms with E-state index in [0.717, 1.165) is 0 Å². The number of phosphoric acid groups is 1. The molecular formula is C21H41N7O15P+. The van der Waals surface area contributed by atoms with Crippen LogP contribution in [-0.2, 0) is 32.8 Å². The van der Waals surface area contributed by atoms with Crippen LogP contribution in [0.1, 0.15) is 6.92 Å². The van der Waals surface area contributed by atoms with Gasteiger partial charge in [-0.25, -0.2) is 0 Å². The molecule has 18 N–H and O–H groups in total. The summed E-state index contributed by atoms with van der Waals surface area (Å²) >= 11 is 0. The Morgan fingerprint density at radius 3 is 2.05 bits per heavy atom. The van der Waals surface area contributed by atoms with Crippen molar-refractivity contribution < 1.29 is 88.6 Å². The first-order valence-corrected chi connectivity index (χ1v) is 14.8. The third-order valence-electron chi connectivity index (χ3n) is 7.80. The lowest BCUT2D eigenvalue weighted by molar-refractivity contribution is -0.696. The summed E-state index contributed by atoms with van der Waals surface area (Å²) in [5.74, 6) is -0.854. The van der Waals surface area contributed by atoms with Crippen molar-refractivity contribution in [1.82, 2.24) is 0 Å². The van der Waals surface area contributed by atoms with Crippen molar-refractivity contribution in [2.45, 2.75) is 98.2 Å². The lowest BCUT2D eigenvalue weighted by Crippen LogP contribution is -2.99. The van der Waals surface area contributed by atoms with E-state index >= 15 is 0 Å². The predicted octanol–water partition coefficient (Wildman–Crippen LogP) is -14.2. The molecular weight excluding hydrogens is 621 g/mol. The molecule has 1 saturated carbocycles. The van der Waals surface area contributed by atoms with E-state index in [0.29, 0.717) is 0 Å². The molecule has 0 unspecified atom stereocenters. The molecule has 3 rings (SSSR count). The molecule has 2 saturated heterocycles. The van der Waals surface area contributed by atoms with Crippen LogP contribution in [0.2, 0.25) is 0 Å². The first kappa shape index (κ1) is 36.3. The monoisotopic (exact) mass is 662 g/mol. The van der Waals surface area contributed by atoms with Gasteiger partial charge in [0.2, 0.25) is 6.29 Å². The number of nitrogens with one attached hydrogen (secondary N) is 2. The van der Waals surface area contributed by atoms with Gasteiger partial charge in [-0.15, -0.1) is 0 Å². The minimum absolute atomic E-state index is 0.0667. The quantitative estimate of drug-likeness (QED) is 0.0422. The molecule has 0 spiro atoms. The number of carbonyl (C=O) groups is 1. The Bertz CT molecular complexity index is 1110. The summed E-state index contributed by atoms with van der Waals surface area (Å²) in [4.78, 5) is 40.0. The number of aldehydes is 1. The second-order valence-corrected chi connectivity index (χ2v) is 11.8. The van der Waals surface area contributed by atoms with Gasteiger partial charge in [0.15, 0.2) is 24.2 Å². The molecule has 3 fully saturated rings. The molecule has 3 aliphatic rings. The van der Waals surface area contributed by atoms with Crippen LogP contribution in [0.3, 0.4) is 0 Å². The molecule has 254 valence electrons. The number of guanidine groups is 2. The highest BCUT2D eigenvalue weighted by atomic mass is 31.2. The van der Waals surface area contributed by atoms with Crippen LogP contribution < -0.4 is 48.0 Å². The summed E-state index contributed by atoms with van der Waals surface area (Å²) in [7, 11) is -4.33. The number of hydrogen-bond acceptors (Lipinski definition) is 15. The lowest BCUT2D eigenvalue weighted by Gasteiger charge is -2.46. The zero-order valence-corrected chi connectivity index (χ0v) is 24.5. The Balaban J connectivity index is 2.00. The highest BCUT2D eigenvalue weighted by Crippen LogP contribution is 2.39. The molecule has 23 heteroatoms. The molecule has 15 atom stereocenters. The average Bonchev–Trinajstić information content (AvgIpc) is 3.16. The zero-order chi connectivity index (χ0) is 33.3. The summed E-state index contributed by atoms with van der Waals surface area (Å²) in [6.07, 6.45) is -18.9. The van der Waals surface area contributed by atoms with Crippen molar-refractivity contribution >= 4 is 26.0 Å². The fourth-order valence-electron chi connectivity index (χ4n) is 5.54. The van der Waals surface area contributed by atoms with Crippen LogP contribution >= 0.6 is 7.82 Å². The largest absolute Gasteiger partial charge is 0.790 e. The van der Waals surface area contributed by atoms with Crippen LogP contribution in [0.25, 0.3) is 0 Å². The van der Waals surface area contributed by atoms with Crippen molar-refractivity contribution in [3.05, 3.63) is 0 Å². The SMILES string of the molecule is C[NH2+][C@@H]1[C@H](O[C@H]2[C@H](O[C@H]3[C@H](O)[C@@H](O)[C@H]([NH+]=C(N)N)[C@@H](O)[C@@H]3[NH+]=C(N)N)O[C@@H](C)[C@]2(O)C=O)O[C@@H](CO)[C@H](O)[C@H]1OP(=O)([O-])[O-]. The summed E-state index contributed by atoms with van der Waals surface area (Å²) < 4.78 is 39.0. The van der Waals surface area contributed by atoms with E-state index in [9.17, 15) is 49.8 Å². The van der Waals surface area contributed by atoms with Crippen molar-refractivity contribution in [2.24, 2.45) is 22.9 Å². The van der Waals surface area contributed by atoms with Gasteiger partial charge in [-0.1, -0.05) is 0 Å². The van der Waals surface area contributed by atoms with Crippen molar-refractivity contribution in [1.29, 1.82) is 0 Å². The van der Waals surface area contributed by atoms with Gasteiger partial charge in [0.25, 0.3) is 0 Å². The van der Waals surface area contributed by atoms with Crippen molar-refractivity contribution in [3.63, 3.8) is 0 Å². The van der Waals surface area contributed by atoms with Gasteiger partial charge in [0, 0.05) is 0 Å². The topological polar surface area (TPSA) is 396 Å². The van der Waals surface area contributed by atoms with Gasteiger partial charge in [0.05, 0.1) is 27.6 Å². The van der Waals surface area contributed by atoms with E-state index in [1.165, 1.54) is 19.3 Å². The Hall–Kier alpha value is -2.12. The molecule has 22 nitrogen and oxygen atoms in total. The minimum atomic E-state index is -5.71. The fourth-order valence-corrected chi connectivity index (χ4v) is 6.10. The lowest BCUT2D eigenvalue weighted by atomic mass is 9.81. The van der Waals surface area contributed by atoms with Gasteiger partial charge in [-0.3, -0.25) is 37.7 Å². The van der Waals surface area contributed by atoms with E-state index in [4.69, 9.17) is 41.9 Å². The first-order chi connectivity index (χ1) is 20.4. The highest BCUT2D eigenvalue weighted by Gasteiger charge is 2.61. The van der Waals surface area contributed by atoms with E-state index < -0.39 is 118 Å². The minimum Gasteiger partial charge on any atom is -0.790 e. The number of quaternary nitrogens is 1. The van der Waals surface area contributed by atoms with Gasteiger partial charge < -0.3 is 73.8 Å². The van der Waals surface area contributed by atoms with Crippen LogP contribution in [0.4, 0.5) is 0 Å². The molecule has 0 aromatic rings. The third-order valence-corrected chi connectivity index (χ3v) is 8.30. The van der Waals surface area contributed by atoms with Crippen LogP contribution in [0.5, 0.6) is 0 Å². The highest BCUT2D eigenvalue weighted by molar-refractivity contribution is 7.43. The smallest absolute Gasteiger partial charge is 0.339 e. The molecule has 44 heavy (non-hydrogen) atoms. The molecule has 0 aromatic carbocycles. The molecule has 0 aromatic heterocycles. The number of rotatable bonds is 11. The number of ether oxygens (including phenoxy) is 4. The standard InChI is InChI=1S/C21H40N7O15P/c1-5-21(35,4-30)16(42-17-9(26-2)15(43-44(36,37)38)10(31)6(3-29)40-17)18(39-5)41-14-8(28-20(24)25)11(32)7(27-19(22)23)12(33)13(14)34/h4-18,26,29,31-35H,3H2,1-2H3,(H4,22,23,27)(H4,24,25,28)(H2,36,37,38)/p+1/t5-,6-,7+,8-,9-,10-,11+,12-,13+,14+,15-,16-,17-,18-,21+/m0/s1. The zero-order valence-electron chi connectivity index (χ0n) is 23.6. The predicted molar refractivity (Wildman–Crippen MR) is 135 cm³/mol. The van der Waals surface area contributed by atoms with Crippen LogP contribution in [-0.4, -0.2) is 154 Å². The number of hydrogen-bond donors (Lipinski definition) is 13. The fraction of sp³-hybridized carbons (Fsp3) is 0.857. The van der Waals surface area contributed by atoms with Crippen molar-refractivity contribution in [2.75, 3.05) is 13.7 Å². The number of carbonyl (C=O) groups excluding carboxylic acids is 1. The average molecular weight is 663 g/mol. The number of aliphatic hydroxyl groups excluding tert-OH is 5. The number of phosphoric ester groups is 1. The third kappa shape index (κ3) is 7.46. The van der Waals surface area contributed by atoms with E-state index in [-0.39, 0.29) is 6.29 Å². The van der Waals surface area contributed by atoms with Gasteiger partial charge in [0.1, 0.15) is 60.9 Å². The Morgan fingerprint density at radius 2 is 1.55 bits per heavy atom. The summed E-state index contributed by atoms with van der Waals surface area (Å²) in [6.45, 7) is 0.363. The van der Waals surface area contributed by atoms with E-state index in [1.54, 1.807) is 0 Å². The van der Waals surface area contributed by atoms with Crippen LogP contribution in [0.15, 0.2) is 0 Å². The summed E-state index contributed by atoms with van der Waals surface area (Å²) in [5, 5.41) is 65.5. The molecule has 0 bridgehead atoms. The number of nitrogens with two attached hydrogens (primary N) is 5. The maximum atomic E-state index is 12.2. The maximum absolute atomic E-state index is 12.2.